The molecular weight excluding hydrogens is 323 g/mol. The van der Waals surface area contributed by atoms with Gasteiger partial charge >= 0.3 is 0 Å². The van der Waals surface area contributed by atoms with Crippen LogP contribution < -0.4 is 19.7 Å². The minimum atomic E-state index is -0.444. The Labute approximate surface area is 147 Å². The number of methoxy groups -OCH3 is 2. The number of hydrogen-bond acceptors (Lipinski definition) is 3. The van der Waals surface area contributed by atoms with Crippen molar-refractivity contribution in [1.29, 1.82) is 0 Å². The van der Waals surface area contributed by atoms with E-state index in [9.17, 15) is 9.18 Å². The lowest BCUT2D eigenvalue weighted by Gasteiger charge is -2.21. The quantitative estimate of drug-likeness (QED) is 0.804. The molecule has 0 bridgehead atoms. The summed E-state index contributed by atoms with van der Waals surface area (Å²) in [6.45, 7) is 2.43. The zero-order valence-electron chi connectivity index (χ0n) is 14.9. The Kier molecular flexibility index (Phi) is 6.36. The van der Waals surface area contributed by atoms with Crippen molar-refractivity contribution in [3.63, 3.8) is 0 Å². The van der Waals surface area contributed by atoms with Crippen LogP contribution in [0.15, 0.2) is 42.5 Å². The molecule has 0 radical (unpaired) electrons. The Hall–Kier alpha value is -2.60. The van der Waals surface area contributed by atoms with Crippen LogP contribution in [-0.4, -0.2) is 33.2 Å². The molecule has 2 rings (SSSR count). The number of anilines is 1. The topological polar surface area (TPSA) is 52.0 Å². The molecule has 0 aliphatic carbocycles. The van der Waals surface area contributed by atoms with Gasteiger partial charge in [-0.05, 0) is 37.3 Å². The molecule has 0 saturated heterocycles. The number of quaternary nitrogens is 1. The maximum atomic E-state index is 13.7. The van der Waals surface area contributed by atoms with E-state index >= 15 is 0 Å². The summed E-state index contributed by atoms with van der Waals surface area (Å²) in [5.41, 5.74) is 1.21. The number of nitrogens with one attached hydrogen (secondary N) is 2. The first-order valence-corrected chi connectivity index (χ1v) is 8.05. The van der Waals surface area contributed by atoms with Crippen LogP contribution >= 0.6 is 0 Å². The van der Waals surface area contributed by atoms with Gasteiger partial charge in [0.15, 0.2) is 17.5 Å². The predicted molar refractivity (Wildman–Crippen MR) is 94.6 cm³/mol. The minimum absolute atomic E-state index is 0.193. The third-order valence-corrected chi connectivity index (χ3v) is 4.20. The molecule has 2 atom stereocenters. The highest BCUT2D eigenvalue weighted by Gasteiger charge is 2.23. The maximum absolute atomic E-state index is 13.7. The Balaban J connectivity index is 2.03. The Morgan fingerprint density at radius 2 is 1.84 bits per heavy atom. The molecular formula is C19H24FN2O3+. The standard InChI is InChI=1S/C19H23FN2O3/c1-13(19(23)21-16-8-6-5-7-15(16)20)22(2)12-14-9-10-17(24-3)18(11-14)25-4/h5-11,13H,12H2,1-4H3,(H,21,23)/p+1/t13-/m0/s1. The largest absolute Gasteiger partial charge is 0.493 e. The van der Waals surface area contributed by atoms with Crippen LogP contribution in [0.5, 0.6) is 11.5 Å². The highest BCUT2D eigenvalue weighted by Crippen LogP contribution is 2.27. The van der Waals surface area contributed by atoms with E-state index in [4.69, 9.17) is 9.47 Å². The molecule has 2 aromatic rings. The molecule has 0 heterocycles. The fourth-order valence-corrected chi connectivity index (χ4v) is 2.49. The minimum Gasteiger partial charge on any atom is -0.493 e. The Bertz CT molecular complexity index is 736. The molecule has 2 N–H and O–H groups in total. The van der Waals surface area contributed by atoms with Crippen molar-refractivity contribution >= 4 is 11.6 Å². The van der Waals surface area contributed by atoms with Crippen LogP contribution in [0, 0.1) is 5.82 Å². The molecule has 1 amide bonds. The van der Waals surface area contributed by atoms with E-state index < -0.39 is 5.82 Å². The summed E-state index contributed by atoms with van der Waals surface area (Å²) < 4.78 is 24.2. The van der Waals surface area contributed by atoms with Crippen LogP contribution in [-0.2, 0) is 11.3 Å². The van der Waals surface area contributed by atoms with Gasteiger partial charge in [-0.1, -0.05) is 12.1 Å². The number of carbonyl (C=O) groups excluding carboxylic acids is 1. The molecule has 0 fully saturated rings. The van der Waals surface area contributed by atoms with Crippen molar-refractivity contribution in [3.05, 3.63) is 53.8 Å². The van der Waals surface area contributed by atoms with Gasteiger partial charge in [-0.15, -0.1) is 0 Å². The van der Waals surface area contributed by atoms with Gasteiger partial charge < -0.3 is 19.7 Å². The van der Waals surface area contributed by atoms with E-state index in [0.717, 1.165) is 10.5 Å². The molecule has 25 heavy (non-hydrogen) atoms. The van der Waals surface area contributed by atoms with E-state index in [1.54, 1.807) is 32.4 Å². The van der Waals surface area contributed by atoms with Gasteiger partial charge in [0.1, 0.15) is 12.4 Å². The SMILES string of the molecule is COc1ccc(C[NH+](C)[C@@H](C)C(=O)Nc2ccccc2F)cc1OC. The predicted octanol–water partition coefficient (Wildman–Crippen LogP) is 1.88. The number of hydrogen-bond donors (Lipinski definition) is 2. The Morgan fingerprint density at radius 3 is 2.48 bits per heavy atom. The molecule has 0 aliphatic rings. The fourth-order valence-electron chi connectivity index (χ4n) is 2.49. The van der Waals surface area contributed by atoms with Crippen LogP contribution in [0.25, 0.3) is 0 Å². The number of halogens is 1. The van der Waals surface area contributed by atoms with E-state index in [2.05, 4.69) is 5.32 Å². The molecule has 0 spiro atoms. The highest BCUT2D eigenvalue weighted by atomic mass is 19.1. The van der Waals surface area contributed by atoms with E-state index in [1.807, 2.05) is 32.2 Å². The first-order valence-electron chi connectivity index (χ1n) is 8.05. The summed E-state index contributed by atoms with van der Waals surface area (Å²) in [6, 6.07) is 11.4. The van der Waals surface area contributed by atoms with Crippen molar-refractivity contribution in [3.8, 4) is 11.5 Å². The van der Waals surface area contributed by atoms with Crippen molar-refractivity contribution in [2.45, 2.75) is 19.5 Å². The molecule has 6 heteroatoms. The van der Waals surface area contributed by atoms with Gasteiger partial charge in [0.05, 0.1) is 27.0 Å². The second-order valence-corrected chi connectivity index (χ2v) is 5.90. The lowest BCUT2D eigenvalue weighted by molar-refractivity contribution is -0.907. The van der Waals surface area contributed by atoms with Crippen molar-refractivity contribution < 1.29 is 23.6 Å². The number of amides is 1. The molecule has 5 nitrogen and oxygen atoms in total. The third kappa shape index (κ3) is 4.70. The van der Waals surface area contributed by atoms with Crippen LogP contribution in [0.4, 0.5) is 10.1 Å². The number of benzene rings is 2. The van der Waals surface area contributed by atoms with Gasteiger partial charge in [0.2, 0.25) is 0 Å². The molecule has 1 unspecified atom stereocenters. The van der Waals surface area contributed by atoms with Gasteiger partial charge in [-0.2, -0.15) is 0 Å². The summed E-state index contributed by atoms with van der Waals surface area (Å²) in [4.78, 5) is 13.3. The lowest BCUT2D eigenvalue weighted by Crippen LogP contribution is -3.12. The summed E-state index contributed by atoms with van der Waals surface area (Å²) in [5, 5.41) is 2.64. The second kappa shape index (κ2) is 8.48. The zero-order chi connectivity index (χ0) is 18.4. The third-order valence-electron chi connectivity index (χ3n) is 4.20. The summed E-state index contributed by atoms with van der Waals surface area (Å²) in [6.07, 6.45) is 0. The van der Waals surface area contributed by atoms with Gasteiger partial charge in [-0.3, -0.25) is 4.79 Å². The van der Waals surface area contributed by atoms with Gasteiger partial charge in [-0.25, -0.2) is 4.39 Å². The van der Waals surface area contributed by atoms with Crippen molar-refractivity contribution in [1.82, 2.24) is 0 Å². The van der Waals surface area contributed by atoms with Crippen molar-refractivity contribution in [2.24, 2.45) is 0 Å². The van der Waals surface area contributed by atoms with Crippen LogP contribution in [0.1, 0.15) is 12.5 Å². The average Bonchev–Trinajstić information content (AvgIpc) is 2.62. The summed E-state index contributed by atoms with van der Waals surface area (Å²) >= 11 is 0. The monoisotopic (exact) mass is 347 g/mol. The van der Waals surface area contributed by atoms with Gasteiger partial charge in [0.25, 0.3) is 5.91 Å². The molecule has 0 aliphatic heterocycles. The molecule has 134 valence electrons. The van der Waals surface area contributed by atoms with E-state index in [-0.39, 0.29) is 17.6 Å². The molecule has 2 aromatic carbocycles. The first kappa shape index (κ1) is 18.7. The highest BCUT2D eigenvalue weighted by molar-refractivity contribution is 5.93. The van der Waals surface area contributed by atoms with E-state index in [0.29, 0.717) is 18.0 Å². The number of rotatable bonds is 7. The number of para-hydroxylation sites is 1. The lowest BCUT2D eigenvalue weighted by atomic mass is 10.1. The average molecular weight is 347 g/mol. The second-order valence-electron chi connectivity index (χ2n) is 5.90. The maximum Gasteiger partial charge on any atom is 0.282 e. The normalized spacial score (nSPS) is 13.0. The molecule has 0 saturated carbocycles. The summed E-state index contributed by atoms with van der Waals surface area (Å²) in [5.74, 6) is 0.633. The summed E-state index contributed by atoms with van der Waals surface area (Å²) in [7, 11) is 5.09. The fraction of sp³-hybridized carbons (Fsp3) is 0.316. The number of likely N-dealkylation sites (N-methyl/N-ethyl adjacent to an activating group) is 1. The van der Waals surface area contributed by atoms with Gasteiger partial charge in [0, 0.05) is 5.56 Å². The number of ether oxygens (including phenoxy) is 2. The molecule has 0 aromatic heterocycles. The zero-order valence-corrected chi connectivity index (χ0v) is 14.9. The number of carbonyl (C=O) groups is 1. The van der Waals surface area contributed by atoms with Crippen molar-refractivity contribution in [2.75, 3.05) is 26.6 Å². The van der Waals surface area contributed by atoms with Crippen LogP contribution in [0.2, 0.25) is 0 Å². The smallest absolute Gasteiger partial charge is 0.282 e. The first-order chi connectivity index (χ1) is 12.0. The Morgan fingerprint density at radius 1 is 1.16 bits per heavy atom. The van der Waals surface area contributed by atoms with E-state index in [1.165, 1.54) is 6.07 Å². The van der Waals surface area contributed by atoms with Crippen LogP contribution in [0.3, 0.4) is 0 Å².